The second-order valence-corrected chi connectivity index (χ2v) is 4.26. The highest BCUT2D eigenvalue weighted by molar-refractivity contribution is 4.91. The molecule has 0 bridgehead atoms. The lowest BCUT2D eigenvalue weighted by Crippen LogP contribution is -2.43. The fourth-order valence-corrected chi connectivity index (χ4v) is 1.68. The van der Waals surface area contributed by atoms with Gasteiger partial charge in [-0.25, -0.2) is 0 Å². The van der Waals surface area contributed by atoms with Crippen LogP contribution in [0.3, 0.4) is 0 Å². The number of rotatable bonds is 4. The number of hydrogen-bond donors (Lipinski definition) is 1. The van der Waals surface area contributed by atoms with Crippen molar-refractivity contribution in [3.8, 4) is 0 Å². The molecular formula is C10H20O2. The van der Waals surface area contributed by atoms with E-state index in [-0.39, 0.29) is 11.7 Å². The first-order valence-electron chi connectivity index (χ1n) is 4.83. The first-order valence-corrected chi connectivity index (χ1v) is 4.83. The van der Waals surface area contributed by atoms with Gasteiger partial charge >= 0.3 is 0 Å². The number of ether oxygens (including phenoxy) is 1. The van der Waals surface area contributed by atoms with Crippen LogP contribution in [-0.2, 0) is 4.74 Å². The fourth-order valence-electron chi connectivity index (χ4n) is 1.68. The van der Waals surface area contributed by atoms with Gasteiger partial charge in [-0.1, -0.05) is 13.8 Å². The number of methoxy groups -OCH3 is 1. The summed E-state index contributed by atoms with van der Waals surface area (Å²) in [7, 11) is 1.76. The molecule has 1 N–H and O–H groups in total. The quantitative estimate of drug-likeness (QED) is 0.702. The van der Waals surface area contributed by atoms with Crippen molar-refractivity contribution in [3.05, 3.63) is 0 Å². The maximum Gasteiger partial charge on any atom is 0.0703 e. The molecule has 0 aromatic heterocycles. The number of aliphatic hydroxyl groups is 1. The van der Waals surface area contributed by atoms with E-state index in [0.29, 0.717) is 5.92 Å². The summed E-state index contributed by atoms with van der Waals surface area (Å²) in [6.07, 6.45) is 4.09. The van der Waals surface area contributed by atoms with Gasteiger partial charge in [0.05, 0.1) is 11.7 Å². The van der Waals surface area contributed by atoms with E-state index < -0.39 is 0 Å². The third kappa shape index (κ3) is 1.99. The van der Waals surface area contributed by atoms with Crippen molar-refractivity contribution in [3.63, 3.8) is 0 Å². The molecule has 0 spiro atoms. The van der Waals surface area contributed by atoms with Crippen LogP contribution in [-0.4, -0.2) is 23.9 Å². The van der Waals surface area contributed by atoms with Crippen molar-refractivity contribution in [2.24, 2.45) is 5.92 Å². The van der Waals surface area contributed by atoms with Gasteiger partial charge in [0.1, 0.15) is 0 Å². The van der Waals surface area contributed by atoms with Gasteiger partial charge in [-0.15, -0.1) is 0 Å². The molecule has 0 radical (unpaired) electrons. The maximum absolute atomic E-state index is 9.68. The molecule has 2 nitrogen and oxygen atoms in total. The molecule has 0 heterocycles. The maximum atomic E-state index is 9.68. The predicted molar refractivity (Wildman–Crippen MR) is 49.1 cm³/mol. The Kier molecular flexibility index (Phi) is 3.13. The molecule has 72 valence electrons. The molecule has 0 aromatic rings. The van der Waals surface area contributed by atoms with Crippen LogP contribution in [0.25, 0.3) is 0 Å². The van der Waals surface area contributed by atoms with Crippen LogP contribution in [0.1, 0.15) is 39.5 Å². The normalized spacial score (nSPS) is 23.8. The summed E-state index contributed by atoms with van der Waals surface area (Å²) in [6.45, 7) is 4.10. The topological polar surface area (TPSA) is 29.5 Å². The molecular weight excluding hydrogens is 152 g/mol. The minimum absolute atomic E-state index is 0.0175. The molecule has 1 atom stereocenters. The van der Waals surface area contributed by atoms with Gasteiger partial charge in [0.25, 0.3) is 0 Å². The van der Waals surface area contributed by atoms with Gasteiger partial charge < -0.3 is 9.84 Å². The summed E-state index contributed by atoms with van der Waals surface area (Å²) < 4.78 is 5.43. The van der Waals surface area contributed by atoms with E-state index in [0.717, 1.165) is 19.3 Å². The van der Waals surface area contributed by atoms with Crippen LogP contribution in [0.2, 0.25) is 0 Å². The molecule has 1 saturated carbocycles. The van der Waals surface area contributed by atoms with E-state index in [1.807, 2.05) is 13.8 Å². The van der Waals surface area contributed by atoms with Gasteiger partial charge in [0.2, 0.25) is 0 Å². The highest BCUT2D eigenvalue weighted by atomic mass is 16.5. The Bertz CT molecular complexity index is 133. The Balaban J connectivity index is 2.37. The van der Waals surface area contributed by atoms with E-state index in [1.54, 1.807) is 7.11 Å². The lowest BCUT2D eigenvalue weighted by molar-refractivity contribution is -0.105. The third-order valence-electron chi connectivity index (χ3n) is 3.05. The zero-order valence-electron chi connectivity index (χ0n) is 8.34. The van der Waals surface area contributed by atoms with Gasteiger partial charge in [0, 0.05) is 13.5 Å². The Morgan fingerprint density at radius 2 is 2.00 bits per heavy atom. The summed E-state index contributed by atoms with van der Waals surface area (Å²) in [5.41, 5.74) is 0.0175. The third-order valence-corrected chi connectivity index (χ3v) is 3.05. The van der Waals surface area contributed by atoms with Gasteiger partial charge in [-0.05, 0) is 25.2 Å². The van der Waals surface area contributed by atoms with E-state index in [1.165, 1.54) is 6.42 Å². The second-order valence-electron chi connectivity index (χ2n) is 4.26. The summed E-state index contributed by atoms with van der Waals surface area (Å²) >= 11 is 0. The van der Waals surface area contributed by atoms with Crippen molar-refractivity contribution in [2.75, 3.05) is 7.11 Å². The minimum atomic E-state index is -0.203. The molecule has 2 heteroatoms. The molecule has 0 saturated heterocycles. The molecule has 12 heavy (non-hydrogen) atoms. The molecule has 0 amide bonds. The fraction of sp³-hybridized carbons (Fsp3) is 1.00. The lowest BCUT2D eigenvalue weighted by atomic mass is 9.75. The standard InChI is InChI=1S/C10H20O2/c1-8(2)9(11)7-10(12-3)5-4-6-10/h8-9,11H,4-7H2,1-3H3. The molecule has 1 fully saturated rings. The molecule has 1 unspecified atom stereocenters. The zero-order chi connectivity index (χ0) is 9.19. The minimum Gasteiger partial charge on any atom is -0.393 e. The lowest BCUT2D eigenvalue weighted by Gasteiger charge is -2.42. The Morgan fingerprint density at radius 1 is 1.42 bits per heavy atom. The van der Waals surface area contributed by atoms with E-state index in [4.69, 9.17) is 4.74 Å². The Labute approximate surface area is 74.9 Å². The van der Waals surface area contributed by atoms with Crippen molar-refractivity contribution in [2.45, 2.75) is 51.2 Å². The summed E-state index contributed by atoms with van der Waals surface area (Å²) in [6, 6.07) is 0. The second kappa shape index (κ2) is 3.75. The van der Waals surface area contributed by atoms with E-state index >= 15 is 0 Å². The van der Waals surface area contributed by atoms with Crippen molar-refractivity contribution in [1.29, 1.82) is 0 Å². The first kappa shape index (κ1) is 10.0. The van der Waals surface area contributed by atoms with Crippen LogP contribution in [0.5, 0.6) is 0 Å². The predicted octanol–water partition coefficient (Wildman–Crippen LogP) is 1.96. The Hall–Kier alpha value is -0.0800. The average molecular weight is 172 g/mol. The van der Waals surface area contributed by atoms with Crippen LogP contribution in [0, 0.1) is 5.92 Å². The van der Waals surface area contributed by atoms with Gasteiger partial charge in [-0.3, -0.25) is 0 Å². The summed E-state index contributed by atoms with van der Waals surface area (Å²) in [5.74, 6) is 0.345. The van der Waals surface area contributed by atoms with Crippen LogP contribution >= 0.6 is 0 Å². The van der Waals surface area contributed by atoms with Gasteiger partial charge in [0.15, 0.2) is 0 Å². The summed E-state index contributed by atoms with van der Waals surface area (Å²) in [4.78, 5) is 0. The molecule has 1 rings (SSSR count). The average Bonchev–Trinajstić information content (AvgIpc) is 1.96. The molecule has 1 aliphatic rings. The largest absolute Gasteiger partial charge is 0.393 e. The number of aliphatic hydroxyl groups excluding tert-OH is 1. The van der Waals surface area contributed by atoms with Crippen molar-refractivity contribution in [1.82, 2.24) is 0 Å². The highest BCUT2D eigenvalue weighted by Crippen LogP contribution is 2.39. The SMILES string of the molecule is COC1(CC(O)C(C)C)CCC1. The van der Waals surface area contributed by atoms with E-state index in [9.17, 15) is 5.11 Å². The van der Waals surface area contributed by atoms with Crippen LogP contribution < -0.4 is 0 Å². The van der Waals surface area contributed by atoms with Crippen molar-refractivity contribution < 1.29 is 9.84 Å². The monoisotopic (exact) mass is 172 g/mol. The molecule has 0 aromatic carbocycles. The summed E-state index contributed by atoms with van der Waals surface area (Å²) in [5, 5.41) is 9.68. The van der Waals surface area contributed by atoms with Gasteiger partial charge in [-0.2, -0.15) is 0 Å². The molecule has 1 aliphatic carbocycles. The van der Waals surface area contributed by atoms with E-state index in [2.05, 4.69) is 0 Å². The molecule has 0 aliphatic heterocycles. The highest BCUT2D eigenvalue weighted by Gasteiger charge is 2.39. The van der Waals surface area contributed by atoms with Crippen LogP contribution in [0.15, 0.2) is 0 Å². The first-order chi connectivity index (χ1) is 5.59. The van der Waals surface area contributed by atoms with Crippen molar-refractivity contribution >= 4 is 0 Å². The van der Waals surface area contributed by atoms with Crippen LogP contribution in [0.4, 0.5) is 0 Å². The Morgan fingerprint density at radius 3 is 2.25 bits per heavy atom. The number of hydrogen-bond acceptors (Lipinski definition) is 2. The zero-order valence-corrected chi connectivity index (χ0v) is 8.34. The smallest absolute Gasteiger partial charge is 0.0703 e.